The zero-order chi connectivity index (χ0) is 21.7. The van der Waals surface area contributed by atoms with E-state index in [0.717, 1.165) is 48.3 Å². The lowest BCUT2D eigenvalue weighted by Crippen LogP contribution is -2.48. The minimum Gasteiger partial charge on any atom is -0.393 e. The predicted octanol–water partition coefficient (Wildman–Crippen LogP) is 8.17. The SMILES string of the molecule is CC[C@@H](CC[C@@H](C)[C@H]1CCC2=C3CCC4C[C@@H](O)CC[C@]4(C)[C@H]3CC[C@@]21C)C(C)C. The largest absolute Gasteiger partial charge is 0.393 e. The van der Waals surface area contributed by atoms with Crippen LogP contribution in [-0.2, 0) is 0 Å². The first-order chi connectivity index (χ1) is 14.2. The van der Waals surface area contributed by atoms with Gasteiger partial charge in [-0.25, -0.2) is 0 Å². The minimum atomic E-state index is -0.0272. The highest BCUT2D eigenvalue weighted by atomic mass is 16.3. The quantitative estimate of drug-likeness (QED) is 0.434. The fourth-order valence-corrected chi connectivity index (χ4v) is 9.11. The molecule has 4 aliphatic carbocycles. The molecule has 30 heavy (non-hydrogen) atoms. The maximum atomic E-state index is 10.3. The molecule has 3 fully saturated rings. The number of rotatable bonds is 6. The van der Waals surface area contributed by atoms with Crippen LogP contribution in [0.2, 0.25) is 0 Å². The van der Waals surface area contributed by atoms with Gasteiger partial charge in [-0.15, -0.1) is 0 Å². The van der Waals surface area contributed by atoms with Gasteiger partial charge in [-0.3, -0.25) is 0 Å². The van der Waals surface area contributed by atoms with Crippen molar-refractivity contribution in [3.8, 4) is 0 Å². The van der Waals surface area contributed by atoms with Gasteiger partial charge < -0.3 is 5.11 Å². The molecule has 1 N–H and O–H groups in total. The molecule has 8 atom stereocenters. The van der Waals surface area contributed by atoms with Gasteiger partial charge in [-0.1, -0.05) is 65.5 Å². The van der Waals surface area contributed by atoms with Crippen LogP contribution in [0.25, 0.3) is 0 Å². The van der Waals surface area contributed by atoms with E-state index in [-0.39, 0.29) is 6.10 Å². The Hall–Kier alpha value is -0.300. The summed E-state index contributed by atoms with van der Waals surface area (Å²) in [5, 5.41) is 10.3. The number of aliphatic hydroxyl groups is 1. The van der Waals surface area contributed by atoms with E-state index in [1.54, 1.807) is 0 Å². The highest BCUT2D eigenvalue weighted by Gasteiger charge is 2.55. The topological polar surface area (TPSA) is 20.2 Å². The van der Waals surface area contributed by atoms with Crippen LogP contribution in [0.5, 0.6) is 0 Å². The van der Waals surface area contributed by atoms with E-state index < -0.39 is 0 Å². The predicted molar refractivity (Wildman–Crippen MR) is 128 cm³/mol. The van der Waals surface area contributed by atoms with Crippen molar-refractivity contribution < 1.29 is 5.11 Å². The maximum absolute atomic E-state index is 10.3. The molecular weight excluding hydrogens is 364 g/mol. The zero-order valence-corrected chi connectivity index (χ0v) is 21.0. The van der Waals surface area contributed by atoms with Crippen molar-refractivity contribution in [2.45, 2.75) is 125 Å². The van der Waals surface area contributed by atoms with Crippen molar-refractivity contribution in [3.05, 3.63) is 11.1 Å². The van der Waals surface area contributed by atoms with E-state index >= 15 is 0 Å². The van der Waals surface area contributed by atoms with E-state index in [9.17, 15) is 5.11 Å². The number of hydrogen-bond acceptors (Lipinski definition) is 1. The molecule has 0 aromatic carbocycles. The van der Waals surface area contributed by atoms with Crippen molar-refractivity contribution in [1.29, 1.82) is 0 Å². The molecule has 0 spiro atoms. The number of hydrogen-bond donors (Lipinski definition) is 1. The van der Waals surface area contributed by atoms with Crippen LogP contribution in [0.4, 0.5) is 0 Å². The summed E-state index contributed by atoms with van der Waals surface area (Å²) in [5.41, 5.74) is 4.80. The first kappa shape index (κ1) is 22.9. The second kappa shape index (κ2) is 8.57. The lowest BCUT2D eigenvalue weighted by Gasteiger charge is -2.56. The van der Waals surface area contributed by atoms with Gasteiger partial charge in [0.2, 0.25) is 0 Å². The second-order valence-corrected chi connectivity index (χ2v) is 12.8. The summed E-state index contributed by atoms with van der Waals surface area (Å²) >= 11 is 0. The molecule has 0 amide bonds. The third-order valence-corrected chi connectivity index (χ3v) is 11.2. The van der Waals surface area contributed by atoms with Gasteiger partial charge in [0.15, 0.2) is 0 Å². The third-order valence-electron chi connectivity index (χ3n) is 11.2. The molecule has 4 aliphatic rings. The van der Waals surface area contributed by atoms with Gasteiger partial charge in [-0.2, -0.15) is 0 Å². The molecule has 1 nitrogen and oxygen atoms in total. The molecule has 0 radical (unpaired) electrons. The summed E-state index contributed by atoms with van der Waals surface area (Å²) in [7, 11) is 0. The van der Waals surface area contributed by atoms with Crippen LogP contribution in [0.15, 0.2) is 11.1 Å². The van der Waals surface area contributed by atoms with Gasteiger partial charge in [0, 0.05) is 0 Å². The fourth-order valence-electron chi connectivity index (χ4n) is 9.11. The molecule has 172 valence electrons. The Morgan fingerprint density at radius 2 is 1.73 bits per heavy atom. The second-order valence-electron chi connectivity index (χ2n) is 12.8. The number of fused-ring (bicyclic) bond motifs is 4. The van der Waals surface area contributed by atoms with E-state index in [1.807, 2.05) is 11.1 Å². The smallest absolute Gasteiger partial charge is 0.0543 e. The molecule has 3 saturated carbocycles. The highest BCUT2D eigenvalue weighted by molar-refractivity contribution is 5.34. The van der Waals surface area contributed by atoms with Gasteiger partial charge >= 0.3 is 0 Å². The Bertz CT molecular complexity index is 647. The average Bonchev–Trinajstić information content (AvgIpc) is 3.06. The van der Waals surface area contributed by atoms with Gasteiger partial charge in [0.1, 0.15) is 0 Å². The summed E-state index contributed by atoms with van der Waals surface area (Å²) in [4.78, 5) is 0. The van der Waals surface area contributed by atoms with E-state index in [4.69, 9.17) is 0 Å². The maximum Gasteiger partial charge on any atom is 0.0543 e. The first-order valence-corrected chi connectivity index (χ1v) is 13.6. The standard InChI is InChI=1S/C29H50O/c1-7-21(19(2)3)9-8-20(4)25-12-13-26-24-11-10-22-18-23(30)14-16-28(22,5)27(24)15-17-29(25,26)6/h19-23,25,27,30H,7-18H2,1-6H3/t20-,21+,22?,23+,25-,27+,28+,29-/m1/s1. The van der Waals surface area contributed by atoms with E-state index in [0.29, 0.717) is 10.8 Å². The minimum absolute atomic E-state index is 0.0272. The number of allylic oxidation sites excluding steroid dienone is 2. The van der Waals surface area contributed by atoms with Gasteiger partial charge in [-0.05, 0) is 111 Å². The molecular formula is C29H50O. The summed E-state index contributed by atoms with van der Waals surface area (Å²) in [6.07, 6.45) is 15.9. The summed E-state index contributed by atoms with van der Waals surface area (Å²) in [6.45, 7) is 15.1. The molecule has 1 unspecified atom stereocenters. The van der Waals surface area contributed by atoms with Crippen LogP contribution in [-0.4, -0.2) is 11.2 Å². The Balaban J connectivity index is 1.52. The van der Waals surface area contributed by atoms with Crippen molar-refractivity contribution in [1.82, 2.24) is 0 Å². The van der Waals surface area contributed by atoms with Crippen molar-refractivity contribution >= 4 is 0 Å². The molecule has 0 saturated heterocycles. The molecule has 0 bridgehead atoms. The Labute approximate surface area is 187 Å². The average molecular weight is 415 g/mol. The van der Waals surface area contributed by atoms with Crippen LogP contribution in [0.3, 0.4) is 0 Å². The van der Waals surface area contributed by atoms with E-state index in [1.165, 1.54) is 64.2 Å². The monoisotopic (exact) mass is 414 g/mol. The fraction of sp³-hybridized carbons (Fsp3) is 0.931. The molecule has 0 aromatic heterocycles. The molecule has 0 aromatic rings. The van der Waals surface area contributed by atoms with Gasteiger partial charge in [0.25, 0.3) is 0 Å². The molecule has 0 aliphatic heterocycles. The summed E-state index contributed by atoms with van der Waals surface area (Å²) in [6, 6.07) is 0. The highest BCUT2D eigenvalue weighted by Crippen LogP contribution is 2.65. The third kappa shape index (κ3) is 3.74. The van der Waals surface area contributed by atoms with Crippen LogP contribution < -0.4 is 0 Å². The Morgan fingerprint density at radius 3 is 2.43 bits per heavy atom. The lowest BCUT2D eigenvalue weighted by molar-refractivity contribution is -0.0381. The molecule has 0 heterocycles. The Kier molecular flexibility index (Phi) is 6.53. The van der Waals surface area contributed by atoms with Gasteiger partial charge in [0.05, 0.1) is 6.10 Å². The van der Waals surface area contributed by atoms with Crippen LogP contribution in [0.1, 0.15) is 119 Å². The molecule has 4 rings (SSSR count). The van der Waals surface area contributed by atoms with E-state index in [2.05, 4.69) is 41.5 Å². The lowest BCUT2D eigenvalue weighted by atomic mass is 9.49. The van der Waals surface area contributed by atoms with Crippen LogP contribution >= 0.6 is 0 Å². The Morgan fingerprint density at radius 1 is 0.967 bits per heavy atom. The summed E-state index contributed by atoms with van der Waals surface area (Å²) in [5.74, 6) is 5.11. The molecule has 1 heteroatoms. The summed E-state index contributed by atoms with van der Waals surface area (Å²) < 4.78 is 0. The van der Waals surface area contributed by atoms with Crippen molar-refractivity contribution in [2.75, 3.05) is 0 Å². The van der Waals surface area contributed by atoms with Crippen molar-refractivity contribution in [3.63, 3.8) is 0 Å². The normalized spacial score (nSPS) is 43.2. The first-order valence-electron chi connectivity index (χ1n) is 13.6. The van der Waals surface area contributed by atoms with Crippen molar-refractivity contribution in [2.24, 2.45) is 46.3 Å². The zero-order valence-electron chi connectivity index (χ0n) is 21.0. The number of aliphatic hydroxyl groups excluding tert-OH is 1. The van der Waals surface area contributed by atoms with Crippen LogP contribution in [0, 0.1) is 46.3 Å².